The van der Waals surface area contributed by atoms with Gasteiger partial charge in [0.25, 0.3) is 0 Å². The predicted octanol–water partition coefficient (Wildman–Crippen LogP) is 3.74. The van der Waals surface area contributed by atoms with Crippen LogP contribution in [0, 0.1) is 5.41 Å². The molecule has 0 radical (unpaired) electrons. The first-order chi connectivity index (χ1) is 8.54. The average molecular weight is 243 g/mol. The third-order valence-electron chi connectivity index (χ3n) is 3.65. The highest BCUT2D eigenvalue weighted by atomic mass is 15.2. The fraction of sp³-hybridized carbons (Fsp3) is 0.600. The van der Waals surface area contributed by atoms with Gasteiger partial charge in [0, 0.05) is 18.7 Å². The SMILES string of the molecule is CC(C)(C)Cc1nc2cccnc2n1C1CCC1. The maximum absolute atomic E-state index is 4.80. The Bertz CT molecular complexity index is 559. The van der Waals surface area contributed by atoms with Crippen LogP contribution < -0.4 is 0 Å². The fourth-order valence-electron chi connectivity index (χ4n) is 2.60. The molecule has 0 saturated heterocycles. The monoisotopic (exact) mass is 243 g/mol. The van der Waals surface area contributed by atoms with Crippen LogP contribution in [0.4, 0.5) is 0 Å². The summed E-state index contributed by atoms with van der Waals surface area (Å²) in [4.78, 5) is 9.34. The minimum atomic E-state index is 0.267. The standard InChI is InChI=1S/C15H21N3/c1-15(2,3)10-13-17-12-8-5-9-16-14(12)18(13)11-6-4-7-11/h5,8-9,11H,4,6-7,10H2,1-3H3. The molecule has 0 spiro atoms. The number of rotatable bonds is 2. The number of pyridine rings is 1. The lowest BCUT2D eigenvalue weighted by molar-refractivity contribution is 0.299. The van der Waals surface area contributed by atoms with E-state index in [0.29, 0.717) is 6.04 Å². The van der Waals surface area contributed by atoms with Crippen LogP contribution >= 0.6 is 0 Å². The van der Waals surface area contributed by atoms with E-state index < -0.39 is 0 Å². The van der Waals surface area contributed by atoms with Crippen LogP contribution in [0.15, 0.2) is 18.3 Å². The van der Waals surface area contributed by atoms with E-state index in [-0.39, 0.29) is 5.41 Å². The number of hydrogen-bond acceptors (Lipinski definition) is 2. The maximum atomic E-state index is 4.80. The highest BCUT2D eigenvalue weighted by Gasteiger charge is 2.26. The Hall–Kier alpha value is -1.38. The molecular weight excluding hydrogens is 222 g/mol. The van der Waals surface area contributed by atoms with Crippen LogP contribution in [0.5, 0.6) is 0 Å². The van der Waals surface area contributed by atoms with Crippen LogP contribution in [0.3, 0.4) is 0 Å². The second kappa shape index (κ2) is 4.08. The van der Waals surface area contributed by atoms with E-state index in [9.17, 15) is 0 Å². The van der Waals surface area contributed by atoms with Crippen molar-refractivity contribution in [2.45, 2.75) is 52.5 Å². The van der Waals surface area contributed by atoms with Gasteiger partial charge in [0.1, 0.15) is 11.3 Å². The summed E-state index contributed by atoms with van der Waals surface area (Å²) in [5.41, 5.74) is 2.38. The minimum absolute atomic E-state index is 0.267. The summed E-state index contributed by atoms with van der Waals surface area (Å²) in [5.74, 6) is 1.21. The number of imidazole rings is 1. The van der Waals surface area contributed by atoms with Gasteiger partial charge in [0.15, 0.2) is 5.65 Å². The van der Waals surface area contributed by atoms with Crippen molar-refractivity contribution >= 4 is 11.2 Å². The normalized spacial score (nSPS) is 17.1. The Morgan fingerprint density at radius 1 is 1.33 bits per heavy atom. The molecular formula is C15H21N3. The molecule has 1 aliphatic rings. The molecule has 0 aromatic carbocycles. The number of fused-ring (bicyclic) bond motifs is 1. The Labute approximate surface area is 108 Å². The van der Waals surface area contributed by atoms with Gasteiger partial charge in [-0.3, -0.25) is 0 Å². The van der Waals surface area contributed by atoms with Crippen molar-refractivity contribution in [3.63, 3.8) is 0 Å². The van der Waals surface area contributed by atoms with Gasteiger partial charge < -0.3 is 4.57 Å². The molecule has 0 atom stereocenters. The molecule has 1 aliphatic carbocycles. The first-order valence-corrected chi connectivity index (χ1v) is 6.86. The van der Waals surface area contributed by atoms with E-state index in [1.807, 2.05) is 12.3 Å². The summed E-state index contributed by atoms with van der Waals surface area (Å²) >= 11 is 0. The molecule has 0 N–H and O–H groups in total. The molecule has 2 aromatic rings. The summed E-state index contributed by atoms with van der Waals surface area (Å²) in [6.45, 7) is 6.81. The zero-order valence-electron chi connectivity index (χ0n) is 11.5. The van der Waals surface area contributed by atoms with E-state index in [2.05, 4.69) is 36.4 Å². The molecule has 1 fully saturated rings. The zero-order chi connectivity index (χ0) is 12.8. The van der Waals surface area contributed by atoms with Crippen molar-refractivity contribution in [1.82, 2.24) is 14.5 Å². The highest BCUT2D eigenvalue weighted by molar-refractivity contribution is 5.71. The first-order valence-electron chi connectivity index (χ1n) is 6.86. The molecule has 0 aliphatic heterocycles. The quantitative estimate of drug-likeness (QED) is 0.804. The molecule has 0 amide bonds. The summed E-state index contributed by atoms with van der Waals surface area (Å²) in [7, 11) is 0. The van der Waals surface area contributed by atoms with Crippen molar-refractivity contribution < 1.29 is 0 Å². The van der Waals surface area contributed by atoms with Crippen molar-refractivity contribution in [1.29, 1.82) is 0 Å². The number of aromatic nitrogens is 3. The Morgan fingerprint density at radius 3 is 2.72 bits per heavy atom. The van der Waals surface area contributed by atoms with Crippen LogP contribution in [-0.4, -0.2) is 14.5 Å². The van der Waals surface area contributed by atoms with Crippen molar-refractivity contribution in [3.8, 4) is 0 Å². The molecule has 96 valence electrons. The molecule has 0 bridgehead atoms. The van der Waals surface area contributed by atoms with Crippen molar-refractivity contribution in [2.75, 3.05) is 0 Å². The zero-order valence-corrected chi connectivity index (χ0v) is 11.5. The number of nitrogens with zero attached hydrogens (tertiary/aromatic N) is 3. The van der Waals surface area contributed by atoms with Gasteiger partial charge >= 0.3 is 0 Å². The lowest BCUT2D eigenvalue weighted by Gasteiger charge is -2.30. The Balaban J connectivity index is 2.11. The molecule has 2 aromatic heterocycles. The first kappa shape index (κ1) is 11.7. The fourth-order valence-corrected chi connectivity index (χ4v) is 2.60. The van der Waals surface area contributed by atoms with Gasteiger partial charge in [-0.2, -0.15) is 0 Å². The van der Waals surface area contributed by atoms with E-state index >= 15 is 0 Å². The summed E-state index contributed by atoms with van der Waals surface area (Å²) in [5, 5.41) is 0. The number of hydrogen-bond donors (Lipinski definition) is 0. The van der Waals surface area contributed by atoms with Crippen LogP contribution in [-0.2, 0) is 6.42 Å². The van der Waals surface area contributed by atoms with Crippen LogP contribution in [0.2, 0.25) is 0 Å². The smallest absolute Gasteiger partial charge is 0.160 e. The molecule has 0 unspecified atom stereocenters. The third kappa shape index (κ3) is 2.02. The van der Waals surface area contributed by atoms with Gasteiger partial charge in [0.05, 0.1) is 0 Å². The van der Waals surface area contributed by atoms with Gasteiger partial charge in [-0.25, -0.2) is 9.97 Å². The third-order valence-corrected chi connectivity index (χ3v) is 3.65. The summed E-state index contributed by atoms with van der Waals surface area (Å²) in [6, 6.07) is 4.67. The van der Waals surface area contributed by atoms with Gasteiger partial charge in [-0.1, -0.05) is 20.8 Å². The van der Waals surface area contributed by atoms with Gasteiger partial charge in [-0.05, 0) is 36.8 Å². The van der Waals surface area contributed by atoms with Gasteiger partial charge in [0.2, 0.25) is 0 Å². The van der Waals surface area contributed by atoms with E-state index in [1.54, 1.807) is 0 Å². The molecule has 1 saturated carbocycles. The Kier molecular flexibility index (Phi) is 2.65. The maximum Gasteiger partial charge on any atom is 0.160 e. The molecule has 3 nitrogen and oxygen atoms in total. The van der Waals surface area contributed by atoms with Gasteiger partial charge in [-0.15, -0.1) is 0 Å². The lowest BCUT2D eigenvalue weighted by Crippen LogP contribution is -2.22. The van der Waals surface area contributed by atoms with E-state index in [1.165, 1.54) is 25.1 Å². The van der Waals surface area contributed by atoms with Crippen LogP contribution in [0.1, 0.15) is 51.9 Å². The molecule has 2 heterocycles. The van der Waals surface area contributed by atoms with E-state index in [0.717, 1.165) is 17.6 Å². The second-order valence-corrected chi connectivity index (χ2v) is 6.57. The average Bonchev–Trinajstić information content (AvgIpc) is 2.52. The predicted molar refractivity (Wildman–Crippen MR) is 73.6 cm³/mol. The van der Waals surface area contributed by atoms with Crippen molar-refractivity contribution in [2.24, 2.45) is 5.41 Å². The Morgan fingerprint density at radius 2 is 2.11 bits per heavy atom. The second-order valence-electron chi connectivity index (χ2n) is 6.57. The van der Waals surface area contributed by atoms with Crippen molar-refractivity contribution in [3.05, 3.63) is 24.2 Å². The van der Waals surface area contributed by atoms with E-state index in [4.69, 9.17) is 4.98 Å². The molecule has 18 heavy (non-hydrogen) atoms. The lowest BCUT2D eigenvalue weighted by atomic mass is 9.90. The summed E-state index contributed by atoms with van der Waals surface area (Å²) in [6.07, 6.45) is 6.78. The molecule has 3 rings (SSSR count). The largest absolute Gasteiger partial charge is 0.310 e. The summed E-state index contributed by atoms with van der Waals surface area (Å²) < 4.78 is 2.39. The topological polar surface area (TPSA) is 30.7 Å². The minimum Gasteiger partial charge on any atom is -0.310 e. The van der Waals surface area contributed by atoms with Crippen LogP contribution in [0.25, 0.3) is 11.2 Å². The highest BCUT2D eigenvalue weighted by Crippen LogP contribution is 2.36. The molecule has 3 heteroatoms.